The quantitative estimate of drug-likeness (QED) is 0.641. The number of hydrogen-bond donors (Lipinski definition) is 2. The normalized spacial score (nSPS) is 11.7. The van der Waals surface area contributed by atoms with E-state index >= 15 is 0 Å². The fourth-order valence-corrected chi connectivity index (χ4v) is 1.91. The standard InChI is InChI=1S/C14H20N2O3S/c1-9(2)12(13(17)19-4)16-14(20)15-10-7-5-6-8-11(10)18-3/h5-9,12H,1-4H3,(H2,15,16,20). The topological polar surface area (TPSA) is 59.6 Å². The van der Waals surface area contributed by atoms with Gasteiger partial charge in [0.15, 0.2) is 5.11 Å². The monoisotopic (exact) mass is 296 g/mol. The zero-order valence-electron chi connectivity index (χ0n) is 12.1. The van der Waals surface area contributed by atoms with Crippen LogP contribution in [0.1, 0.15) is 13.8 Å². The molecule has 5 nitrogen and oxygen atoms in total. The molecule has 0 aliphatic rings. The Labute approximate surface area is 124 Å². The highest BCUT2D eigenvalue weighted by Gasteiger charge is 2.23. The predicted octanol–water partition coefficient (Wildman–Crippen LogP) is 2.18. The van der Waals surface area contributed by atoms with Crippen LogP contribution in [0.25, 0.3) is 0 Å². The van der Waals surface area contributed by atoms with Gasteiger partial charge in [0.1, 0.15) is 11.8 Å². The summed E-state index contributed by atoms with van der Waals surface area (Å²) in [7, 11) is 2.94. The Balaban J connectivity index is 2.73. The molecule has 0 saturated carbocycles. The number of methoxy groups -OCH3 is 2. The summed E-state index contributed by atoms with van der Waals surface area (Å²) in [6, 6.07) is 6.91. The average Bonchev–Trinajstić information content (AvgIpc) is 2.44. The van der Waals surface area contributed by atoms with Crippen molar-refractivity contribution >= 4 is 29.0 Å². The Morgan fingerprint density at radius 3 is 2.45 bits per heavy atom. The second-order valence-corrected chi connectivity index (χ2v) is 4.95. The maximum Gasteiger partial charge on any atom is 0.328 e. The molecule has 1 atom stereocenters. The highest BCUT2D eigenvalue weighted by atomic mass is 32.1. The number of benzene rings is 1. The van der Waals surface area contributed by atoms with Crippen LogP contribution < -0.4 is 15.4 Å². The van der Waals surface area contributed by atoms with Gasteiger partial charge in [0.05, 0.1) is 19.9 Å². The highest BCUT2D eigenvalue weighted by molar-refractivity contribution is 7.80. The number of carbonyl (C=O) groups is 1. The smallest absolute Gasteiger partial charge is 0.328 e. The van der Waals surface area contributed by atoms with Crippen molar-refractivity contribution in [1.29, 1.82) is 0 Å². The molecule has 0 spiro atoms. The van der Waals surface area contributed by atoms with E-state index in [0.29, 0.717) is 10.9 Å². The zero-order valence-corrected chi connectivity index (χ0v) is 12.9. The summed E-state index contributed by atoms with van der Waals surface area (Å²) in [5.74, 6) is 0.389. The first kappa shape index (κ1) is 16.2. The Hall–Kier alpha value is -1.82. The molecule has 0 fully saturated rings. The maximum absolute atomic E-state index is 11.7. The number of hydrogen-bond acceptors (Lipinski definition) is 4. The van der Waals surface area contributed by atoms with Gasteiger partial charge in [0, 0.05) is 0 Å². The fourth-order valence-electron chi connectivity index (χ4n) is 1.67. The number of rotatable bonds is 5. The highest BCUT2D eigenvalue weighted by Crippen LogP contribution is 2.22. The third-order valence-electron chi connectivity index (χ3n) is 2.76. The molecule has 110 valence electrons. The molecule has 2 N–H and O–H groups in total. The molecule has 1 aromatic rings. The molecule has 0 saturated heterocycles. The summed E-state index contributed by atoms with van der Waals surface area (Å²) in [4.78, 5) is 11.7. The van der Waals surface area contributed by atoms with Crippen LogP contribution in [0.3, 0.4) is 0 Å². The van der Waals surface area contributed by atoms with Crippen molar-refractivity contribution in [3.8, 4) is 5.75 Å². The van der Waals surface area contributed by atoms with Gasteiger partial charge in [-0.1, -0.05) is 26.0 Å². The average molecular weight is 296 g/mol. The van der Waals surface area contributed by atoms with Crippen LogP contribution in [0.2, 0.25) is 0 Å². The molecule has 1 aromatic carbocycles. The minimum atomic E-state index is -0.491. The second-order valence-electron chi connectivity index (χ2n) is 4.54. The number of carbonyl (C=O) groups excluding carboxylic acids is 1. The van der Waals surface area contributed by atoms with Crippen molar-refractivity contribution in [3.63, 3.8) is 0 Å². The van der Waals surface area contributed by atoms with Crippen LogP contribution >= 0.6 is 12.2 Å². The summed E-state index contributed by atoms with van der Waals surface area (Å²) >= 11 is 5.22. The van der Waals surface area contributed by atoms with Gasteiger partial charge in [0.25, 0.3) is 0 Å². The van der Waals surface area contributed by atoms with E-state index in [0.717, 1.165) is 5.69 Å². The second kappa shape index (κ2) is 7.69. The summed E-state index contributed by atoms with van der Waals surface area (Å²) < 4.78 is 9.98. The number of thiocarbonyl (C=S) groups is 1. The summed E-state index contributed by atoms with van der Waals surface area (Å²) in [5.41, 5.74) is 0.736. The van der Waals surface area contributed by atoms with E-state index in [4.69, 9.17) is 21.7 Å². The minimum Gasteiger partial charge on any atom is -0.495 e. The lowest BCUT2D eigenvalue weighted by Gasteiger charge is -2.22. The van der Waals surface area contributed by atoms with Gasteiger partial charge in [0.2, 0.25) is 0 Å². The van der Waals surface area contributed by atoms with E-state index in [1.54, 1.807) is 7.11 Å². The van der Waals surface area contributed by atoms with Crippen LogP contribution in [0.4, 0.5) is 5.69 Å². The van der Waals surface area contributed by atoms with Gasteiger partial charge >= 0.3 is 5.97 Å². The van der Waals surface area contributed by atoms with Crippen molar-refractivity contribution < 1.29 is 14.3 Å². The number of ether oxygens (including phenoxy) is 2. The molecule has 6 heteroatoms. The summed E-state index contributed by atoms with van der Waals surface area (Å²) in [6.45, 7) is 3.83. The molecule has 0 heterocycles. The van der Waals surface area contributed by atoms with Gasteiger partial charge in [-0.2, -0.15) is 0 Å². The van der Waals surface area contributed by atoms with Crippen LogP contribution in [0, 0.1) is 5.92 Å². The van der Waals surface area contributed by atoms with Crippen molar-refractivity contribution in [1.82, 2.24) is 5.32 Å². The maximum atomic E-state index is 11.7. The predicted molar refractivity (Wildman–Crippen MR) is 83.0 cm³/mol. The first-order chi connectivity index (χ1) is 9.49. The zero-order chi connectivity index (χ0) is 15.1. The SMILES string of the molecule is COC(=O)C(NC(=S)Nc1ccccc1OC)C(C)C. The minimum absolute atomic E-state index is 0.0554. The molecule has 1 unspecified atom stereocenters. The largest absolute Gasteiger partial charge is 0.495 e. The van der Waals surface area contributed by atoms with Crippen LogP contribution in [0.15, 0.2) is 24.3 Å². The van der Waals surface area contributed by atoms with Crippen LogP contribution in [-0.2, 0) is 9.53 Å². The summed E-state index contributed by atoms with van der Waals surface area (Å²) in [6.07, 6.45) is 0. The number of anilines is 1. The lowest BCUT2D eigenvalue weighted by molar-refractivity contribution is -0.143. The van der Waals surface area contributed by atoms with E-state index in [9.17, 15) is 4.79 Å². The van der Waals surface area contributed by atoms with E-state index < -0.39 is 6.04 Å². The molecule has 0 radical (unpaired) electrons. The number of para-hydroxylation sites is 2. The summed E-state index contributed by atoms with van der Waals surface area (Å²) in [5, 5.41) is 6.32. The third kappa shape index (κ3) is 4.38. The molecule has 20 heavy (non-hydrogen) atoms. The first-order valence-corrected chi connectivity index (χ1v) is 6.68. The van der Waals surface area contributed by atoms with Gasteiger partial charge < -0.3 is 20.1 Å². The van der Waals surface area contributed by atoms with Gasteiger partial charge in [-0.25, -0.2) is 4.79 Å². The Kier molecular flexibility index (Phi) is 6.24. The van der Waals surface area contributed by atoms with Gasteiger partial charge in [-0.3, -0.25) is 0 Å². The lowest BCUT2D eigenvalue weighted by Crippen LogP contribution is -2.46. The van der Waals surface area contributed by atoms with E-state index in [1.807, 2.05) is 38.1 Å². The lowest BCUT2D eigenvalue weighted by atomic mass is 10.1. The van der Waals surface area contributed by atoms with Crippen molar-refractivity contribution in [3.05, 3.63) is 24.3 Å². The van der Waals surface area contributed by atoms with E-state index in [1.165, 1.54) is 7.11 Å². The molecule has 0 aliphatic carbocycles. The van der Waals surface area contributed by atoms with Crippen molar-refractivity contribution in [2.75, 3.05) is 19.5 Å². The van der Waals surface area contributed by atoms with Gasteiger partial charge in [-0.05, 0) is 30.3 Å². The molecular formula is C14H20N2O3S. The first-order valence-electron chi connectivity index (χ1n) is 6.28. The molecule has 0 aliphatic heterocycles. The third-order valence-corrected chi connectivity index (χ3v) is 2.98. The van der Waals surface area contributed by atoms with E-state index in [2.05, 4.69) is 10.6 Å². The Bertz CT molecular complexity index is 477. The number of esters is 1. The Morgan fingerprint density at radius 2 is 1.90 bits per heavy atom. The fraction of sp³-hybridized carbons (Fsp3) is 0.429. The molecule has 0 bridgehead atoms. The van der Waals surface area contributed by atoms with Crippen LogP contribution in [0.5, 0.6) is 5.75 Å². The molecule has 1 rings (SSSR count). The van der Waals surface area contributed by atoms with Crippen LogP contribution in [-0.4, -0.2) is 31.3 Å². The molecular weight excluding hydrogens is 276 g/mol. The number of nitrogens with one attached hydrogen (secondary N) is 2. The Morgan fingerprint density at radius 1 is 1.25 bits per heavy atom. The molecule has 0 aromatic heterocycles. The van der Waals surface area contributed by atoms with Crippen molar-refractivity contribution in [2.24, 2.45) is 5.92 Å². The molecule has 0 amide bonds. The van der Waals surface area contributed by atoms with Gasteiger partial charge in [-0.15, -0.1) is 0 Å². The van der Waals surface area contributed by atoms with E-state index in [-0.39, 0.29) is 11.9 Å². The van der Waals surface area contributed by atoms with Crippen molar-refractivity contribution in [2.45, 2.75) is 19.9 Å².